The van der Waals surface area contributed by atoms with Crippen molar-refractivity contribution in [3.05, 3.63) is 65.0 Å². The zero-order valence-corrected chi connectivity index (χ0v) is 12.9. The minimum Gasteiger partial charge on any atom is -0.485 e. The molecular weight excluding hydrogens is 276 g/mol. The van der Waals surface area contributed by atoms with Crippen molar-refractivity contribution in [2.24, 2.45) is 0 Å². The fourth-order valence-electron chi connectivity index (χ4n) is 2.60. The number of hydrogen-bond donors (Lipinski definition) is 0. The molecule has 22 heavy (non-hydrogen) atoms. The number of para-hydroxylation sites is 1. The molecule has 0 bridgehead atoms. The molecule has 3 rings (SSSR count). The van der Waals surface area contributed by atoms with Crippen molar-refractivity contribution < 1.29 is 4.74 Å². The van der Waals surface area contributed by atoms with Crippen molar-refractivity contribution in [1.82, 2.24) is 20.2 Å². The van der Waals surface area contributed by atoms with E-state index in [4.69, 9.17) is 4.74 Å². The van der Waals surface area contributed by atoms with Crippen LogP contribution in [0, 0.1) is 20.8 Å². The van der Waals surface area contributed by atoms with Crippen LogP contribution in [0.3, 0.4) is 0 Å². The van der Waals surface area contributed by atoms with Crippen LogP contribution in [0.15, 0.2) is 42.5 Å². The van der Waals surface area contributed by atoms with Crippen LogP contribution in [0.2, 0.25) is 0 Å². The first-order chi connectivity index (χ1) is 10.6. The Bertz CT molecular complexity index is 757. The van der Waals surface area contributed by atoms with Crippen molar-refractivity contribution in [2.75, 3.05) is 0 Å². The Morgan fingerprint density at radius 2 is 1.68 bits per heavy atom. The molecule has 0 radical (unpaired) electrons. The third kappa shape index (κ3) is 2.83. The second-order valence-electron chi connectivity index (χ2n) is 5.36. The quantitative estimate of drug-likeness (QED) is 0.741. The molecule has 1 aromatic heterocycles. The lowest BCUT2D eigenvalue weighted by Crippen LogP contribution is -2.08. The lowest BCUT2D eigenvalue weighted by molar-refractivity contribution is 0.288. The predicted octanol–water partition coefficient (Wildman–Crippen LogP) is 3.17. The number of benzene rings is 2. The molecular formula is C17H18N4O. The lowest BCUT2D eigenvalue weighted by Gasteiger charge is -2.13. The standard InChI is InChI=1S/C17H18N4O/c1-12-9-13(2)17(14(3)10-12)22-11-16-18-19-20-21(16)15-7-5-4-6-8-15/h4-10H,11H2,1-3H3. The summed E-state index contributed by atoms with van der Waals surface area (Å²) in [6.07, 6.45) is 0. The van der Waals surface area contributed by atoms with E-state index in [2.05, 4.69) is 48.4 Å². The normalized spacial score (nSPS) is 10.7. The van der Waals surface area contributed by atoms with E-state index in [1.165, 1.54) is 5.56 Å². The van der Waals surface area contributed by atoms with Crippen LogP contribution in [-0.4, -0.2) is 20.2 Å². The maximum absolute atomic E-state index is 5.97. The number of rotatable bonds is 4. The largest absolute Gasteiger partial charge is 0.485 e. The molecule has 2 aromatic carbocycles. The van der Waals surface area contributed by atoms with Crippen molar-refractivity contribution in [3.63, 3.8) is 0 Å². The van der Waals surface area contributed by atoms with Gasteiger partial charge in [0.05, 0.1) is 5.69 Å². The summed E-state index contributed by atoms with van der Waals surface area (Å²) in [6.45, 7) is 6.51. The molecule has 0 unspecified atom stereocenters. The molecule has 1 heterocycles. The van der Waals surface area contributed by atoms with Crippen molar-refractivity contribution in [1.29, 1.82) is 0 Å². The van der Waals surface area contributed by atoms with Gasteiger partial charge in [0, 0.05) is 0 Å². The van der Waals surface area contributed by atoms with Crippen molar-refractivity contribution in [3.8, 4) is 11.4 Å². The summed E-state index contributed by atoms with van der Waals surface area (Å²) in [7, 11) is 0. The zero-order chi connectivity index (χ0) is 15.5. The SMILES string of the molecule is Cc1cc(C)c(OCc2nnnn2-c2ccccc2)c(C)c1. The highest BCUT2D eigenvalue weighted by atomic mass is 16.5. The highest BCUT2D eigenvalue weighted by Crippen LogP contribution is 2.25. The van der Waals surface area contributed by atoms with Crippen LogP contribution < -0.4 is 4.74 Å². The molecule has 0 saturated carbocycles. The summed E-state index contributed by atoms with van der Waals surface area (Å²) < 4.78 is 7.66. The number of hydrogen-bond acceptors (Lipinski definition) is 4. The van der Waals surface area contributed by atoms with E-state index in [-0.39, 0.29) is 0 Å². The summed E-state index contributed by atoms with van der Waals surface area (Å²) in [5.74, 6) is 1.57. The molecule has 0 amide bonds. The van der Waals surface area contributed by atoms with Crippen LogP contribution in [-0.2, 0) is 6.61 Å². The molecule has 0 aliphatic rings. The van der Waals surface area contributed by atoms with Crippen molar-refractivity contribution in [2.45, 2.75) is 27.4 Å². The zero-order valence-electron chi connectivity index (χ0n) is 12.9. The Labute approximate surface area is 129 Å². The Kier molecular flexibility index (Phi) is 3.87. The number of aromatic nitrogens is 4. The van der Waals surface area contributed by atoms with Crippen LogP contribution >= 0.6 is 0 Å². The maximum Gasteiger partial charge on any atom is 0.194 e. The van der Waals surface area contributed by atoms with E-state index in [1.54, 1.807) is 4.68 Å². The van der Waals surface area contributed by atoms with Gasteiger partial charge in [0.1, 0.15) is 12.4 Å². The van der Waals surface area contributed by atoms with E-state index >= 15 is 0 Å². The van der Waals surface area contributed by atoms with Gasteiger partial charge in [-0.25, -0.2) is 0 Å². The van der Waals surface area contributed by atoms with Crippen LogP contribution in [0.5, 0.6) is 5.75 Å². The van der Waals surface area contributed by atoms with E-state index < -0.39 is 0 Å². The Morgan fingerprint density at radius 3 is 2.36 bits per heavy atom. The molecule has 0 aliphatic heterocycles. The summed E-state index contributed by atoms with van der Waals surface area (Å²) in [5.41, 5.74) is 4.40. The summed E-state index contributed by atoms with van der Waals surface area (Å²) in [5, 5.41) is 11.8. The van der Waals surface area contributed by atoms with E-state index in [0.717, 1.165) is 22.6 Å². The number of aryl methyl sites for hydroxylation is 3. The van der Waals surface area contributed by atoms with Gasteiger partial charge in [-0.15, -0.1) is 5.10 Å². The smallest absolute Gasteiger partial charge is 0.194 e. The van der Waals surface area contributed by atoms with Crippen molar-refractivity contribution >= 4 is 0 Å². The molecule has 0 N–H and O–H groups in total. The third-order valence-corrected chi connectivity index (χ3v) is 3.49. The molecule has 5 nitrogen and oxygen atoms in total. The average Bonchev–Trinajstić information content (AvgIpc) is 2.95. The first kappa shape index (κ1) is 14.3. The topological polar surface area (TPSA) is 52.8 Å². The maximum atomic E-state index is 5.97. The van der Waals surface area contributed by atoms with Crippen LogP contribution in [0.4, 0.5) is 0 Å². The molecule has 0 aliphatic carbocycles. The van der Waals surface area contributed by atoms with Gasteiger partial charge in [-0.2, -0.15) is 4.68 Å². The Hall–Kier alpha value is -2.69. The van der Waals surface area contributed by atoms with Gasteiger partial charge in [-0.3, -0.25) is 0 Å². The van der Waals surface area contributed by atoms with Gasteiger partial charge < -0.3 is 4.74 Å². The molecule has 112 valence electrons. The first-order valence-electron chi connectivity index (χ1n) is 7.18. The monoisotopic (exact) mass is 294 g/mol. The van der Waals surface area contributed by atoms with Gasteiger partial charge in [0.25, 0.3) is 0 Å². The van der Waals surface area contributed by atoms with Gasteiger partial charge in [0.15, 0.2) is 5.82 Å². The molecule has 5 heteroatoms. The average molecular weight is 294 g/mol. The van der Waals surface area contributed by atoms with E-state index in [9.17, 15) is 0 Å². The minimum absolute atomic E-state index is 0.326. The van der Waals surface area contributed by atoms with E-state index in [0.29, 0.717) is 12.4 Å². The Balaban J connectivity index is 1.83. The fourth-order valence-corrected chi connectivity index (χ4v) is 2.60. The molecule has 0 atom stereocenters. The van der Waals surface area contributed by atoms with Gasteiger partial charge in [0.2, 0.25) is 0 Å². The third-order valence-electron chi connectivity index (χ3n) is 3.49. The van der Waals surface area contributed by atoms with Gasteiger partial charge in [-0.1, -0.05) is 35.9 Å². The molecule has 0 fully saturated rings. The van der Waals surface area contributed by atoms with Gasteiger partial charge >= 0.3 is 0 Å². The second kappa shape index (κ2) is 5.97. The predicted molar refractivity (Wildman–Crippen MR) is 84.1 cm³/mol. The highest BCUT2D eigenvalue weighted by molar-refractivity contribution is 5.43. The summed E-state index contributed by atoms with van der Waals surface area (Å²) in [4.78, 5) is 0. The minimum atomic E-state index is 0.326. The van der Waals surface area contributed by atoms with E-state index in [1.807, 2.05) is 30.3 Å². The highest BCUT2D eigenvalue weighted by Gasteiger charge is 2.11. The number of nitrogens with zero attached hydrogens (tertiary/aromatic N) is 4. The lowest BCUT2D eigenvalue weighted by atomic mass is 10.1. The molecule has 0 saturated heterocycles. The van der Waals surface area contributed by atoms with Gasteiger partial charge in [-0.05, 0) is 54.5 Å². The Morgan fingerprint density at radius 1 is 1.00 bits per heavy atom. The molecule has 3 aromatic rings. The fraction of sp³-hybridized carbons (Fsp3) is 0.235. The number of ether oxygens (including phenoxy) is 1. The second-order valence-corrected chi connectivity index (χ2v) is 5.36. The van der Waals surface area contributed by atoms with Crippen LogP contribution in [0.1, 0.15) is 22.5 Å². The first-order valence-corrected chi connectivity index (χ1v) is 7.18. The number of tetrazole rings is 1. The molecule has 0 spiro atoms. The van der Waals surface area contributed by atoms with Crippen LogP contribution in [0.25, 0.3) is 5.69 Å². The summed E-state index contributed by atoms with van der Waals surface area (Å²) in [6, 6.07) is 14.0. The summed E-state index contributed by atoms with van der Waals surface area (Å²) >= 11 is 0.